The Bertz CT molecular complexity index is 405. The predicted molar refractivity (Wildman–Crippen MR) is 64.0 cm³/mol. The van der Waals surface area contributed by atoms with Crippen molar-refractivity contribution < 1.29 is 4.79 Å². The second kappa shape index (κ2) is 6.69. The van der Waals surface area contributed by atoms with Gasteiger partial charge in [0, 0.05) is 12.7 Å². The summed E-state index contributed by atoms with van der Waals surface area (Å²) in [6.07, 6.45) is 5.14. The Morgan fingerprint density at radius 2 is 2.47 bits per heavy atom. The van der Waals surface area contributed by atoms with E-state index in [1.54, 1.807) is 10.9 Å². The van der Waals surface area contributed by atoms with E-state index in [0.717, 1.165) is 12.0 Å². The highest BCUT2D eigenvalue weighted by Gasteiger charge is 2.15. The minimum atomic E-state index is -0.528. The van der Waals surface area contributed by atoms with Gasteiger partial charge in [0.25, 0.3) is 0 Å². The van der Waals surface area contributed by atoms with Gasteiger partial charge in [-0.05, 0) is 18.9 Å². The minimum Gasteiger partial charge on any atom is -0.353 e. The van der Waals surface area contributed by atoms with Gasteiger partial charge >= 0.3 is 0 Å². The maximum Gasteiger partial charge on any atom is 0.237 e. The summed E-state index contributed by atoms with van der Waals surface area (Å²) in [6, 6.07) is 2.02. The molecule has 0 aliphatic carbocycles. The van der Waals surface area contributed by atoms with Crippen LogP contribution in [0.2, 0.25) is 0 Å². The second-order valence-corrected chi connectivity index (χ2v) is 4.04. The molecule has 0 spiro atoms. The van der Waals surface area contributed by atoms with Crippen LogP contribution in [0.3, 0.4) is 0 Å². The molecule has 0 aromatic carbocycles. The molecular weight excluding hydrogens is 216 g/mol. The van der Waals surface area contributed by atoms with Crippen molar-refractivity contribution in [3.63, 3.8) is 0 Å². The lowest BCUT2D eigenvalue weighted by molar-refractivity contribution is -0.123. The second-order valence-electron chi connectivity index (χ2n) is 4.04. The fourth-order valence-electron chi connectivity index (χ4n) is 1.55. The topological polar surface area (TPSA) is 70.7 Å². The number of aryl methyl sites for hydroxylation is 1. The number of nitrogens with zero attached hydrogens (tertiary/aromatic N) is 3. The third kappa shape index (κ3) is 4.27. The molecule has 1 N–H and O–H groups in total. The first-order chi connectivity index (χ1) is 8.17. The Morgan fingerprint density at radius 1 is 1.71 bits per heavy atom. The van der Waals surface area contributed by atoms with E-state index in [4.69, 9.17) is 5.26 Å². The molecule has 0 saturated heterocycles. The van der Waals surface area contributed by atoms with E-state index in [2.05, 4.69) is 10.4 Å². The van der Waals surface area contributed by atoms with Crippen molar-refractivity contribution in [3.8, 4) is 6.07 Å². The third-order valence-corrected chi connectivity index (χ3v) is 2.45. The summed E-state index contributed by atoms with van der Waals surface area (Å²) in [5.41, 5.74) is 1.09. The monoisotopic (exact) mass is 234 g/mol. The molecule has 0 saturated carbocycles. The molecule has 92 valence electrons. The third-order valence-electron chi connectivity index (χ3n) is 2.45. The number of amides is 1. The van der Waals surface area contributed by atoms with Crippen molar-refractivity contribution in [1.82, 2.24) is 15.1 Å². The van der Waals surface area contributed by atoms with Crippen molar-refractivity contribution >= 4 is 5.91 Å². The molecular formula is C12H18N4O. The summed E-state index contributed by atoms with van der Waals surface area (Å²) in [7, 11) is 0. The van der Waals surface area contributed by atoms with Crippen LogP contribution in [0.25, 0.3) is 0 Å². The lowest BCUT2D eigenvalue weighted by Crippen LogP contribution is -2.32. The number of carbonyl (C=O) groups excluding carboxylic acids is 1. The zero-order valence-corrected chi connectivity index (χ0v) is 10.3. The van der Waals surface area contributed by atoms with E-state index < -0.39 is 5.92 Å². The molecule has 1 heterocycles. The molecule has 1 aromatic heterocycles. The number of aromatic nitrogens is 2. The Morgan fingerprint density at radius 3 is 3.00 bits per heavy atom. The quantitative estimate of drug-likeness (QED) is 0.805. The van der Waals surface area contributed by atoms with Crippen molar-refractivity contribution in [2.45, 2.75) is 33.2 Å². The summed E-state index contributed by atoms with van der Waals surface area (Å²) in [6.45, 7) is 5.06. The Kier molecular flexibility index (Phi) is 5.21. The highest BCUT2D eigenvalue weighted by molar-refractivity contribution is 5.80. The van der Waals surface area contributed by atoms with Crippen LogP contribution >= 0.6 is 0 Å². The molecule has 5 heteroatoms. The molecule has 1 aromatic rings. The maximum absolute atomic E-state index is 11.6. The number of rotatable bonds is 6. The first kappa shape index (κ1) is 13.2. The summed E-state index contributed by atoms with van der Waals surface area (Å²) >= 11 is 0. The van der Waals surface area contributed by atoms with Crippen LogP contribution in [0.5, 0.6) is 0 Å². The molecule has 0 aliphatic heterocycles. The van der Waals surface area contributed by atoms with Crippen molar-refractivity contribution in [2.75, 3.05) is 6.54 Å². The van der Waals surface area contributed by atoms with E-state index >= 15 is 0 Å². The van der Waals surface area contributed by atoms with Crippen LogP contribution in [0.1, 0.15) is 25.3 Å². The van der Waals surface area contributed by atoms with E-state index in [9.17, 15) is 4.79 Å². The summed E-state index contributed by atoms with van der Waals surface area (Å²) in [5, 5.41) is 15.7. The SMILES string of the molecule is CCCC(C#N)C(=O)NCCn1cc(C)cn1. The Labute approximate surface area is 101 Å². The van der Waals surface area contributed by atoms with Crippen molar-refractivity contribution in [1.29, 1.82) is 5.26 Å². The van der Waals surface area contributed by atoms with Crippen LogP contribution in [0.4, 0.5) is 0 Å². The van der Waals surface area contributed by atoms with E-state index in [1.807, 2.05) is 26.1 Å². The molecule has 17 heavy (non-hydrogen) atoms. The highest BCUT2D eigenvalue weighted by atomic mass is 16.1. The molecule has 0 aliphatic rings. The minimum absolute atomic E-state index is 0.182. The largest absolute Gasteiger partial charge is 0.353 e. The maximum atomic E-state index is 11.6. The van der Waals surface area contributed by atoms with Gasteiger partial charge in [-0.1, -0.05) is 13.3 Å². The fourth-order valence-corrected chi connectivity index (χ4v) is 1.55. The average molecular weight is 234 g/mol. The van der Waals surface area contributed by atoms with Crippen LogP contribution in [0.15, 0.2) is 12.4 Å². The lowest BCUT2D eigenvalue weighted by atomic mass is 10.1. The van der Waals surface area contributed by atoms with Gasteiger partial charge in [-0.25, -0.2) is 0 Å². The standard InChI is InChI=1S/C12H18N4O/c1-3-4-11(7-13)12(17)14-5-6-16-9-10(2)8-15-16/h8-9,11H,3-6H2,1-2H3,(H,14,17). The molecule has 0 fully saturated rings. The van der Waals surface area contributed by atoms with Gasteiger partial charge in [-0.3, -0.25) is 9.48 Å². The first-order valence-corrected chi connectivity index (χ1v) is 5.83. The first-order valence-electron chi connectivity index (χ1n) is 5.83. The van der Waals surface area contributed by atoms with Gasteiger partial charge in [-0.15, -0.1) is 0 Å². The number of carbonyl (C=O) groups is 1. The molecule has 0 radical (unpaired) electrons. The Hall–Kier alpha value is -1.83. The van der Waals surface area contributed by atoms with Gasteiger partial charge < -0.3 is 5.32 Å². The smallest absolute Gasteiger partial charge is 0.237 e. The number of nitriles is 1. The van der Waals surface area contributed by atoms with Crippen LogP contribution in [-0.4, -0.2) is 22.2 Å². The zero-order chi connectivity index (χ0) is 12.7. The number of nitrogens with one attached hydrogen (secondary N) is 1. The molecule has 1 amide bonds. The predicted octanol–water partition coefficient (Wildman–Crippen LogP) is 1.25. The van der Waals surface area contributed by atoms with Crippen LogP contribution in [0, 0.1) is 24.2 Å². The average Bonchev–Trinajstić information content (AvgIpc) is 2.71. The molecule has 5 nitrogen and oxygen atoms in total. The van der Waals surface area contributed by atoms with E-state index in [-0.39, 0.29) is 5.91 Å². The van der Waals surface area contributed by atoms with Gasteiger partial charge in [-0.2, -0.15) is 10.4 Å². The molecule has 0 bridgehead atoms. The van der Waals surface area contributed by atoms with Crippen LogP contribution < -0.4 is 5.32 Å². The Balaban J connectivity index is 2.31. The van der Waals surface area contributed by atoms with Gasteiger partial charge in [0.15, 0.2) is 0 Å². The summed E-state index contributed by atoms with van der Waals surface area (Å²) < 4.78 is 1.77. The highest BCUT2D eigenvalue weighted by Crippen LogP contribution is 2.04. The fraction of sp³-hybridized carbons (Fsp3) is 0.583. The number of hydrogen-bond acceptors (Lipinski definition) is 3. The summed E-state index contributed by atoms with van der Waals surface area (Å²) in [5.74, 6) is -0.711. The van der Waals surface area contributed by atoms with Gasteiger partial charge in [0.1, 0.15) is 5.92 Å². The summed E-state index contributed by atoms with van der Waals surface area (Å²) in [4.78, 5) is 11.6. The zero-order valence-electron chi connectivity index (χ0n) is 10.3. The lowest BCUT2D eigenvalue weighted by Gasteiger charge is -2.09. The van der Waals surface area contributed by atoms with E-state index in [1.165, 1.54) is 0 Å². The van der Waals surface area contributed by atoms with Gasteiger partial charge in [0.05, 0.1) is 18.8 Å². The number of hydrogen-bond donors (Lipinski definition) is 1. The van der Waals surface area contributed by atoms with Crippen molar-refractivity contribution in [3.05, 3.63) is 18.0 Å². The molecule has 1 atom stereocenters. The van der Waals surface area contributed by atoms with Crippen molar-refractivity contribution in [2.24, 2.45) is 5.92 Å². The van der Waals surface area contributed by atoms with Gasteiger partial charge in [0.2, 0.25) is 5.91 Å². The van der Waals surface area contributed by atoms with Crippen LogP contribution in [-0.2, 0) is 11.3 Å². The van der Waals surface area contributed by atoms with E-state index in [0.29, 0.717) is 19.5 Å². The normalized spacial score (nSPS) is 11.8. The molecule has 1 rings (SSSR count). The molecule has 1 unspecified atom stereocenters.